The lowest BCUT2D eigenvalue weighted by Crippen LogP contribution is -2.38. The molecule has 0 aromatic heterocycles. The van der Waals surface area contributed by atoms with Gasteiger partial charge in [-0.2, -0.15) is 0 Å². The number of rotatable bonds is 8. The minimum Gasteiger partial charge on any atom is -0.496 e. The largest absolute Gasteiger partial charge is 0.496 e. The van der Waals surface area contributed by atoms with Gasteiger partial charge in [0.05, 0.1) is 24.6 Å². The van der Waals surface area contributed by atoms with Crippen LogP contribution in [0.2, 0.25) is 0 Å². The maximum atomic E-state index is 13.8. The van der Waals surface area contributed by atoms with Crippen molar-refractivity contribution in [3.05, 3.63) is 136 Å². The number of hydrogen-bond acceptors (Lipinski definition) is 4. The van der Waals surface area contributed by atoms with Gasteiger partial charge in [-0.25, -0.2) is 4.79 Å². The van der Waals surface area contributed by atoms with Gasteiger partial charge in [0, 0.05) is 23.4 Å². The van der Waals surface area contributed by atoms with E-state index in [-0.39, 0.29) is 24.3 Å². The Bertz CT molecular complexity index is 1240. The third-order valence-electron chi connectivity index (χ3n) is 5.67. The number of benzene rings is 4. The first-order valence-corrected chi connectivity index (χ1v) is 11.1. The standard InChI is InChI=1S/C28H25N3O4/c1-35-26-15-9-8-14-23(26)20-30(28(32)29-24-16-18-25(19-17-24)31(33)34)27(21-10-4-2-5-11-21)22-12-6-3-7-13-22/h2-19,27H,20H2,1H3,(H,29,32). The van der Waals surface area contributed by atoms with Crippen LogP contribution in [0, 0.1) is 10.1 Å². The first kappa shape index (κ1) is 23.5. The Morgan fingerprint density at radius 3 is 1.94 bits per heavy atom. The Kier molecular flexibility index (Phi) is 7.37. The van der Waals surface area contributed by atoms with Crippen LogP contribution in [0.15, 0.2) is 109 Å². The second-order valence-corrected chi connectivity index (χ2v) is 7.90. The quantitative estimate of drug-likeness (QED) is 0.239. The van der Waals surface area contributed by atoms with Crippen LogP contribution in [-0.4, -0.2) is 23.0 Å². The molecule has 0 aliphatic rings. The number of carbonyl (C=O) groups excluding carboxylic acids is 1. The molecule has 0 heterocycles. The van der Waals surface area contributed by atoms with Crippen molar-refractivity contribution in [3.8, 4) is 5.75 Å². The monoisotopic (exact) mass is 467 g/mol. The molecule has 0 saturated heterocycles. The van der Waals surface area contributed by atoms with Crippen LogP contribution in [0.4, 0.5) is 16.2 Å². The molecule has 0 atom stereocenters. The van der Waals surface area contributed by atoms with Crippen molar-refractivity contribution < 1.29 is 14.5 Å². The van der Waals surface area contributed by atoms with Gasteiger partial charge in [0.2, 0.25) is 0 Å². The predicted octanol–water partition coefficient (Wildman–Crippen LogP) is 6.43. The van der Waals surface area contributed by atoms with Gasteiger partial charge in [-0.1, -0.05) is 78.9 Å². The van der Waals surface area contributed by atoms with E-state index in [1.807, 2.05) is 84.9 Å². The SMILES string of the molecule is COc1ccccc1CN(C(=O)Nc1ccc([N+](=O)[O-])cc1)C(c1ccccc1)c1ccccc1. The number of nitro benzene ring substituents is 1. The molecule has 0 spiro atoms. The molecule has 0 fully saturated rings. The predicted molar refractivity (Wildman–Crippen MR) is 135 cm³/mol. The molecule has 4 rings (SSSR count). The Morgan fingerprint density at radius 2 is 1.40 bits per heavy atom. The van der Waals surface area contributed by atoms with Gasteiger partial charge in [0.15, 0.2) is 0 Å². The fourth-order valence-corrected chi connectivity index (χ4v) is 3.98. The average Bonchev–Trinajstić information content (AvgIpc) is 2.90. The van der Waals surface area contributed by atoms with Gasteiger partial charge in [-0.3, -0.25) is 10.1 Å². The highest BCUT2D eigenvalue weighted by Gasteiger charge is 2.28. The van der Waals surface area contributed by atoms with Gasteiger partial charge in [0.25, 0.3) is 5.69 Å². The number of ether oxygens (including phenoxy) is 1. The summed E-state index contributed by atoms with van der Waals surface area (Å²) in [5, 5.41) is 13.9. The van der Waals surface area contributed by atoms with E-state index in [0.717, 1.165) is 16.7 Å². The number of para-hydroxylation sites is 1. The van der Waals surface area contributed by atoms with Gasteiger partial charge >= 0.3 is 6.03 Å². The normalized spacial score (nSPS) is 10.6. The molecule has 7 heteroatoms. The zero-order chi connectivity index (χ0) is 24.6. The molecule has 35 heavy (non-hydrogen) atoms. The molecule has 1 N–H and O–H groups in total. The summed E-state index contributed by atoms with van der Waals surface area (Å²) in [5.41, 5.74) is 3.18. The van der Waals surface area contributed by atoms with Crippen molar-refractivity contribution in [1.29, 1.82) is 0 Å². The minimum absolute atomic E-state index is 0.0414. The van der Waals surface area contributed by atoms with E-state index >= 15 is 0 Å². The van der Waals surface area contributed by atoms with E-state index in [1.165, 1.54) is 24.3 Å². The van der Waals surface area contributed by atoms with E-state index in [1.54, 1.807) is 12.0 Å². The van der Waals surface area contributed by atoms with Crippen molar-refractivity contribution in [2.24, 2.45) is 0 Å². The molecule has 0 saturated carbocycles. The van der Waals surface area contributed by atoms with Gasteiger partial charge < -0.3 is 15.0 Å². The van der Waals surface area contributed by atoms with E-state index in [0.29, 0.717) is 11.4 Å². The third kappa shape index (κ3) is 5.65. The van der Waals surface area contributed by atoms with E-state index in [9.17, 15) is 14.9 Å². The average molecular weight is 468 g/mol. The summed E-state index contributed by atoms with van der Waals surface area (Å²) in [6.07, 6.45) is 0. The Hall–Kier alpha value is -4.65. The van der Waals surface area contributed by atoms with Crippen LogP contribution in [-0.2, 0) is 6.54 Å². The van der Waals surface area contributed by atoms with Gasteiger partial charge in [-0.15, -0.1) is 0 Å². The second kappa shape index (κ2) is 11.0. The molecule has 0 bridgehead atoms. The molecule has 0 aliphatic carbocycles. The molecular weight excluding hydrogens is 442 g/mol. The third-order valence-corrected chi connectivity index (χ3v) is 5.67. The van der Waals surface area contributed by atoms with Crippen LogP contribution in [0.3, 0.4) is 0 Å². The van der Waals surface area contributed by atoms with E-state index in [2.05, 4.69) is 5.32 Å². The number of amides is 2. The lowest BCUT2D eigenvalue weighted by atomic mass is 9.96. The summed E-state index contributed by atoms with van der Waals surface area (Å²) in [5.74, 6) is 0.681. The summed E-state index contributed by atoms with van der Waals surface area (Å²) >= 11 is 0. The van der Waals surface area contributed by atoms with Crippen LogP contribution in [0.1, 0.15) is 22.7 Å². The maximum absolute atomic E-state index is 13.8. The summed E-state index contributed by atoms with van der Waals surface area (Å²) < 4.78 is 5.55. The minimum atomic E-state index is -0.472. The van der Waals surface area contributed by atoms with Crippen molar-refractivity contribution in [3.63, 3.8) is 0 Å². The Labute approximate surface area is 203 Å². The summed E-state index contributed by atoms with van der Waals surface area (Å²) in [6, 6.07) is 32.3. The summed E-state index contributed by atoms with van der Waals surface area (Å²) in [7, 11) is 1.60. The van der Waals surface area contributed by atoms with Gasteiger partial charge in [0.1, 0.15) is 5.75 Å². The molecule has 2 amide bonds. The second-order valence-electron chi connectivity index (χ2n) is 7.90. The van der Waals surface area contributed by atoms with Crippen LogP contribution < -0.4 is 10.1 Å². The smallest absolute Gasteiger partial charge is 0.322 e. The molecule has 0 aliphatic heterocycles. The van der Waals surface area contributed by atoms with E-state index < -0.39 is 4.92 Å². The number of carbonyl (C=O) groups is 1. The summed E-state index contributed by atoms with van der Waals surface area (Å²) in [6.45, 7) is 0.275. The summed E-state index contributed by atoms with van der Waals surface area (Å²) in [4.78, 5) is 26.0. The highest BCUT2D eigenvalue weighted by atomic mass is 16.6. The molecule has 4 aromatic carbocycles. The van der Waals surface area contributed by atoms with Crippen LogP contribution in [0.5, 0.6) is 5.75 Å². The first-order chi connectivity index (χ1) is 17.1. The number of nitro groups is 1. The molecular formula is C28H25N3O4. The lowest BCUT2D eigenvalue weighted by molar-refractivity contribution is -0.384. The van der Waals surface area contributed by atoms with Crippen molar-refractivity contribution in [2.45, 2.75) is 12.6 Å². The lowest BCUT2D eigenvalue weighted by Gasteiger charge is -2.33. The number of anilines is 1. The van der Waals surface area contributed by atoms with Crippen molar-refractivity contribution in [1.82, 2.24) is 4.90 Å². The zero-order valence-corrected chi connectivity index (χ0v) is 19.2. The molecule has 7 nitrogen and oxygen atoms in total. The maximum Gasteiger partial charge on any atom is 0.322 e. The highest BCUT2D eigenvalue weighted by molar-refractivity contribution is 5.90. The van der Waals surface area contributed by atoms with Crippen molar-refractivity contribution in [2.75, 3.05) is 12.4 Å². The Balaban J connectivity index is 1.76. The van der Waals surface area contributed by atoms with Crippen molar-refractivity contribution >= 4 is 17.4 Å². The van der Waals surface area contributed by atoms with Crippen LogP contribution in [0.25, 0.3) is 0 Å². The highest BCUT2D eigenvalue weighted by Crippen LogP contribution is 2.32. The fourth-order valence-electron chi connectivity index (χ4n) is 3.98. The topological polar surface area (TPSA) is 84.7 Å². The number of non-ortho nitro benzene ring substituents is 1. The molecule has 4 aromatic rings. The number of hydrogen-bond donors (Lipinski definition) is 1. The molecule has 176 valence electrons. The number of nitrogens with one attached hydrogen (secondary N) is 1. The Morgan fingerprint density at radius 1 is 0.857 bits per heavy atom. The number of nitrogens with zero attached hydrogens (tertiary/aromatic N) is 2. The zero-order valence-electron chi connectivity index (χ0n) is 19.2. The van der Waals surface area contributed by atoms with E-state index in [4.69, 9.17) is 4.74 Å². The van der Waals surface area contributed by atoms with Gasteiger partial charge in [-0.05, 0) is 29.3 Å². The first-order valence-electron chi connectivity index (χ1n) is 11.1. The molecule has 0 radical (unpaired) electrons. The number of urea groups is 1. The van der Waals surface area contributed by atoms with Crippen LogP contribution >= 0.6 is 0 Å². The number of methoxy groups -OCH3 is 1. The molecule has 0 unspecified atom stereocenters. The fraction of sp³-hybridized carbons (Fsp3) is 0.107.